The molecule has 8 rings (SSSR count). The fourth-order valence-electron chi connectivity index (χ4n) is 7.51. The van der Waals surface area contributed by atoms with Crippen LogP contribution in [0.25, 0.3) is 43.8 Å². The molecule has 0 bridgehead atoms. The lowest BCUT2D eigenvalue weighted by atomic mass is 9.79. The molecule has 2 aliphatic carbocycles. The van der Waals surface area contributed by atoms with Crippen molar-refractivity contribution in [3.8, 4) is 34.1 Å². The quantitative estimate of drug-likeness (QED) is 0.173. The van der Waals surface area contributed by atoms with Gasteiger partial charge in [-0.1, -0.05) is 112 Å². The van der Waals surface area contributed by atoms with Crippen LogP contribution in [-0.2, 0) is 10.8 Å². The zero-order chi connectivity index (χ0) is 28.1. The molecule has 2 aliphatic rings. The van der Waals surface area contributed by atoms with E-state index in [0.717, 1.165) is 11.1 Å². The largest absolute Gasteiger partial charge is 0.0616 e. The molecule has 0 saturated carbocycles. The second kappa shape index (κ2) is 8.22. The summed E-state index contributed by atoms with van der Waals surface area (Å²) in [4.78, 5) is 0. The number of rotatable bonds is 0. The lowest BCUT2D eigenvalue weighted by molar-refractivity contribution is 0.652. The Morgan fingerprint density at radius 3 is 1.98 bits per heavy atom. The summed E-state index contributed by atoms with van der Waals surface area (Å²) in [7, 11) is 0. The van der Waals surface area contributed by atoms with Gasteiger partial charge >= 0.3 is 0 Å². The van der Waals surface area contributed by atoms with Crippen molar-refractivity contribution in [1.29, 1.82) is 0 Å². The van der Waals surface area contributed by atoms with Gasteiger partial charge in [0.2, 0.25) is 0 Å². The van der Waals surface area contributed by atoms with E-state index >= 15 is 0 Å². The number of benzene rings is 6. The van der Waals surface area contributed by atoms with Crippen molar-refractivity contribution in [2.45, 2.75) is 45.4 Å². The third-order valence-corrected chi connectivity index (χ3v) is 9.84. The molecule has 0 aromatic heterocycles. The smallest absolute Gasteiger partial charge is 0.0327 e. The molecule has 0 radical (unpaired) electrons. The van der Waals surface area contributed by atoms with Crippen LogP contribution in [-0.4, -0.2) is 0 Å². The zero-order valence-corrected chi connectivity index (χ0v) is 24.3. The number of aryl methyl sites for hydroxylation is 1. The van der Waals surface area contributed by atoms with Crippen LogP contribution in [0.15, 0.2) is 103 Å². The highest BCUT2D eigenvalue weighted by Crippen LogP contribution is 2.57. The molecular weight excluding hydrogens is 492 g/mol. The predicted octanol–water partition coefficient (Wildman–Crippen LogP) is 10.3. The number of hydrogen-bond donors (Lipinski definition) is 0. The fourth-order valence-corrected chi connectivity index (χ4v) is 7.51. The molecule has 196 valence electrons. The van der Waals surface area contributed by atoms with Gasteiger partial charge in [0.1, 0.15) is 0 Å². The summed E-state index contributed by atoms with van der Waals surface area (Å²) >= 11 is 0. The van der Waals surface area contributed by atoms with E-state index in [-0.39, 0.29) is 10.8 Å². The maximum absolute atomic E-state index is 3.51. The molecule has 0 unspecified atom stereocenters. The summed E-state index contributed by atoms with van der Waals surface area (Å²) in [5, 5.41) is 5.16. The lowest BCUT2D eigenvalue weighted by Gasteiger charge is -2.24. The van der Waals surface area contributed by atoms with Crippen molar-refractivity contribution in [3.63, 3.8) is 0 Å². The summed E-state index contributed by atoms with van der Waals surface area (Å²) < 4.78 is 0. The van der Waals surface area contributed by atoms with E-state index in [1.54, 1.807) is 0 Å². The summed E-state index contributed by atoms with van der Waals surface area (Å²) in [5.74, 6) is 7.00. The summed E-state index contributed by atoms with van der Waals surface area (Å²) in [6.07, 6.45) is 0. The van der Waals surface area contributed by atoms with Gasteiger partial charge in [0.25, 0.3) is 0 Å². The van der Waals surface area contributed by atoms with E-state index in [4.69, 9.17) is 0 Å². The molecule has 0 spiro atoms. The summed E-state index contributed by atoms with van der Waals surface area (Å²) in [6.45, 7) is 11.7. The van der Waals surface area contributed by atoms with Gasteiger partial charge in [-0.2, -0.15) is 0 Å². The molecule has 0 amide bonds. The second-order valence-corrected chi connectivity index (χ2v) is 12.9. The molecule has 6 aromatic rings. The monoisotopic (exact) mass is 524 g/mol. The maximum atomic E-state index is 3.51. The van der Waals surface area contributed by atoms with Crippen molar-refractivity contribution < 1.29 is 0 Å². The van der Waals surface area contributed by atoms with Gasteiger partial charge in [-0.25, -0.2) is 0 Å². The molecular formula is C41H32. The number of fused-ring (bicyclic) bond motifs is 9. The Morgan fingerprint density at radius 1 is 0.488 bits per heavy atom. The molecule has 0 fully saturated rings. The van der Waals surface area contributed by atoms with E-state index in [1.807, 2.05) is 0 Å². The van der Waals surface area contributed by atoms with Gasteiger partial charge in [-0.3, -0.25) is 0 Å². The Balaban J connectivity index is 1.27. The van der Waals surface area contributed by atoms with Crippen LogP contribution < -0.4 is 0 Å². The Kier molecular flexibility index (Phi) is 4.85. The molecule has 0 nitrogen and oxygen atoms in total. The average molecular weight is 525 g/mol. The normalized spacial score (nSPS) is 15.1. The van der Waals surface area contributed by atoms with Gasteiger partial charge in [-0.15, -0.1) is 0 Å². The molecule has 0 heteroatoms. The minimum absolute atomic E-state index is 0.0428. The molecule has 0 heterocycles. The van der Waals surface area contributed by atoms with Gasteiger partial charge in [0, 0.05) is 22.0 Å². The lowest BCUT2D eigenvalue weighted by Crippen LogP contribution is -2.17. The highest BCUT2D eigenvalue weighted by atomic mass is 14.4. The Bertz CT molecular complexity index is 2160. The Hall–Kier alpha value is -4.60. The molecule has 41 heavy (non-hydrogen) atoms. The first-order valence-electron chi connectivity index (χ1n) is 14.6. The van der Waals surface area contributed by atoms with Crippen molar-refractivity contribution in [3.05, 3.63) is 142 Å². The van der Waals surface area contributed by atoms with Crippen LogP contribution >= 0.6 is 0 Å². The molecule has 0 N–H and O–H groups in total. The van der Waals surface area contributed by atoms with Crippen LogP contribution in [0.3, 0.4) is 0 Å². The van der Waals surface area contributed by atoms with Crippen molar-refractivity contribution >= 4 is 21.5 Å². The van der Waals surface area contributed by atoms with Crippen molar-refractivity contribution in [2.24, 2.45) is 0 Å². The maximum Gasteiger partial charge on any atom is 0.0327 e. The first kappa shape index (κ1) is 24.2. The van der Waals surface area contributed by atoms with Crippen molar-refractivity contribution in [2.75, 3.05) is 0 Å². The van der Waals surface area contributed by atoms with Gasteiger partial charge in [0.05, 0.1) is 0 Å². The topological polar surface area (TPSA) is 0 Å². The highest BCUT2D eigenvalue weighted by molar-refractivity contribution is 6.03. The van der Waals surface area contributed by atoms with E-state index in [0.29, 0.717) is 0 Å². The fraction of sp³-hybridized carbons (Fsp3) is 0.171. The van der Waals surface area contributed by atoms with Crippen LogP contribution in [0.1, 0.15) is 66.6 Å². The SMILES string of the molecule is Cc1ccc(C#Cc2ccc3c(c2)C(C)(C)c2cc4c(cc2-3)C(C)(C)c2ccc3ccccc3c2-4)c2ccccc12. The summed E-state index contributed by atoms with van der Waals surface area (Å²) in [6, 6.07) is 38.2. The van der Waals surface area contributed by atoms with Crippen LogP contribution in [0.2, 0.25) is 0 Å². The van der Waals surface area contributed by atoms with Crippen molar-refractivity contribution in [1.82, 2.24) is 0 Å². The summed E-state index contributed by atoms with van der Waals surface area (Å²) in [5.41, 5.74) is 14.5. The average Bonchev–Trinajstić information content (AvgIpc) is 3.35. The van der Waals surface area contributed by atoms with Crippen LogP contribution in [0.4, 0.5) is 0 Å². The van der Waals surface area contributed by atoms with E-state index in [2.05, 4.69) is 150 Å². The van der Waals surface area contributed by atoms with Crippen LogP contribution in [0, 0.1) is 18.8 Å². The molecule has 0 atom stereocenters. The van der Waals surface area contributed by atoms with E-state index < -0.39 is 0 Å². The minimum Gasteiger partial charge on any atom is -0.0616 e. The second-order valence-electron chi connectivity index (χ2n) is 12.9. The number of hydrogen-bond acceptors (Lipinski definition) is 0. The molecule has 0 aliphatic heterocycles. The predicted molar refractivity (Wildman–Crippen MR) is 174 cm³/mol. The Morgan fingerprint density at radius 2 is 1.15 bits per heavy atom. The van der Waals surface area contributed by atoms with Crippen LogP contribution in [0.5, 0.6) is 0 Å². The third-order valence-electron chi connectivity index (χ3n) is 9.84. The molecule has 0 saturated heterocycles. The zero-order valence-electron chi connectivity index (χ0n) is 24.3. The van der Waals surface area contributed by atoms with E-state index in [9.17, 15) is 0 Å². The van der Waals surface area contributed by atoms with Gasteiger partial charge in [-0.05, 0) is 109 Å². The third kappa shape index (κ3) is 3.30. The highest BCUT2D eigenvalue weighted by Gasteiger charge is 2.42. The first-order chi connectivity index (χ1) is 19.7. The Labute approximate surface area is 242 Å². The minimum atomic E-state index is -0.106. The first-order valence-corrected chi connectivity index (χ1v) is 14.6. The van der Waals surface area contributed by atoms with E-state index in [1.165, 1.54) is 71.6 Å². The van der Waals surface area contributed by atoms with Gasteiger partial charge < -0.3 is 0 Å². The van der Waals surface area contributed by atoms with Gasteiger partial charge in [0.15, 0.2) is 0 Å². The standard InChI is InChI=1S/C41H32/c1-25-14-17-28(30-12-9-8-11-29(25)30)18-15-26-16-20-32-33-23-38-34(24-37(33)41(4,5)36(32)22-26)39-31-13-7-6-10-27(31)19-21-35(39)40(38,2)3/h6-14,16-17,19-24H,1-5H3. The molecule has 6 aromatic carbocycles.